The predicted octanol–water partition coefficient (Wildman–Crippen LogP) is 3.47. The van der Waals surface area contributed by atoms with Crippen molar-refractivity contribution in [3.63, 3.8) is 0 Å². The summed E-state index contributed by atoms with van der Waals surface area (Å²) in [5.41, 5.74) is 0.887. The van der Waals surface area contributed by atoms with Gasteiger partial charge in [0.15, 0.2) is 11.6 Å². The zero-order chi connectivity index (χ0) is 18.4. The molecule has 0 fully saturated rings. The lowest BCUT2D eigenvalue weighted by Crippen LogP contribution is -2.13. The summed E-state index contributed by atoms with van der Waals surface area (Å²) in [6, 6.07) is 11.0. The quantitative estimate of drug-likeness (QED) is 0.660. The molecule has 0 radical (unpaired) electrons. The van der Waals surface area contributed by atoms with E-state index in [0.29, 0.717) is 11.4 Å². The van der Waals surface area contributed by atoms with Gasteiger partial charge in [0.1, 0.15) is 11.6 Å². The fourth-order valence-corrected chi connectivity index (χ4v) is 1.96. The van der Waals surface area contributed by atoms with Crippen molar-refractivity contribution in [2.45, 2.75) is 6.92 Å². The van der Waals surface area contributed by atoms with E-state index in [1.54, 1.807) is 30.3 Å². The molecule has 2 rings (SSSR count). The summed E-state index contributed by atoms with van der Waals surface area (Å²) in [7, 11) is 0. The Balaban J connectivity index is 2.14. The molecule has 0 aliphatic rings. The van der Waals surface area contributed by atoms with E-state index >= 15 is 0 Å². The molecule has 0 aromatic heterocycles. The molecule has 0 saturated carbocycles. The Morgan fingerprint density at radius 2 is 1.60 bits per heavy atom. The highest BCUT2D eigenvalue weighted by atomic mass is 19.2. The van der Waals surface area contributed by atoms with Gasteiger partial charge in [0.25, 0.3) is 5.91 Å². The first-order chi connectivity index (χ1) is 11.9. The average molecular weight is 341 g/mol. The molecule has 0 aliphatic carbocycles. The van der Waals surface area contributed by atoms with Gasteiger partial charge in [0, 0.05) is 18.3 Å². The maximum absolute atomic E-state index is 13.2. The van der Waals surface area contributed by atoms with Gasteiger partial charge in [-0.3, -0.25) is 9.59 Å². The van der Waals surface area contributed by atoms with Crippen LogP contribution < -0.4 is 10.6 Å². The number of hydrogen-bond donors (Lipinski definition) is 2. The molecule has 2 aromatic rings. The van der Waals surface area contributed by atoms with Crippen molar-refractivity contribution < 1.29 is 18.4 Å². The molecule has 0 unspecified atom stereocenters. The summed E-state index contributed by atoms with van der Waals surface area (Å²) in [5, 5.41) is 14.2. The minimum absolute atomic E-state index is 0.187. The van der Waals surface area contributed by atoms with Crippen LogP contribution in [0.5, 0.6) is 0 Å². The number of nitriles is 1. The summed E-state index contributed by atoms with van der Waals surface area (Å²) in [4.78, 5) is 23.1. The second-order valence-corrected chi connectivity index (χ2v) is 5.06. The van der Waals surface area contributed by atoms with Gasteiger partial charge in [0.2, 0.25) is 5.91 Å². The van der Waals surface area contributed by atoms with Gasteiger partial charge in [-0.2, -0.15) is 5.26 Å². The summed E-state index contributed by atoms with van der Waals surface area (Å²) in [6.07, 6.45) is 1.16. The van der Waals surface area contributed by atoms with E-state index in [1.165, 1.54) is 13.0 Å². The summed E-state index contributed by atoms with van der Waals surface area (Å²) >= 11 is 0. The van der Waals surface area contributed by atoms with Gasteiger partial charge in [-0.1, -0.05) is 6.07 Å². The monoisotopic (exact) mass is 341 g/mol. The molecule has 126 valence electrons. The topological polar surface area (TPSA) is 82.0 Å². The SMILES string of the molecule is CC(=O)Nc1ccc(NC(=O)/C(C#N)=C/c2ccc(F)c(F)c2)cc1. The van der Waals surface area contributed by atoms with Crippen LogP contribution in [0.1, 0.15) is 12.5 Å². The number of rotatable bonds is 4. The van der Waals surface area contributed by atoms with Crippen LogP contribution in [-0.4, -0.2) is 11.8 Å². The standard InChI is InChI=1S/C18H13F2N3O2/c1-11(24)22-14-3-5-15(6-4-14)23-18(25)13(10-21)8-12-2-7-16(19)17(20)9-12/h2-9H,1H3,(H,22,24)(H,23,25)/b13-8+. The first-order valence-corrected chi connectivity index (χ1v) is 7.15. The van der Waals surface area contributed by atoms with E-state index in [0.717, 1.165) is 18.2 Å². The minimum atomic E-state index is -1.07. The number of carbonyl (C=O) groups is 2. The Labute approximate surface area is 142 Å². The highest BCUT2D eigenvalue weighted by molar-refractivity contribution is 6.09. The molecule has 25 heavy (non-hydrogen) atoms. The molecule has 2 aromatic carbocycles. The second-order valence-electron chi connectivity index (χ2n) is 5.06. The second kappa shape index (κ2) is 7.84. The van der Waals surface area contributed by atoms with Crippen LogP contribution in [0, 0.1) is 23.0 Å². The largest absolute Gasteiger partial charge is 0.326 e. The van der Waals surface area contributed by atoms with Crippen molar-refractivity contribution in [2.24, 2.45) is 0 Å². The number of amides is 2. The zero-order valence-electron chi connectivity index (χ0n) is 13.1. The third kappa shape index (κ3) is 4.97. The lowest BCUT2D eigenvalue weighted by atomic mass is 10.1. The van der Waals surface area contributed by atoms with Gasteiger partial charge in [-0.25, -0.2) is 8.78 Å². The van der Waals surface area contributed by atoms with E-state index in [9.17, 15) is 18.4 Å². The summed E-state index contributed by atoms with van der Waals surface area (Å²) in [6.45, 7) is 1.37. The van der Waals surface area contributed by atoms with Crippen LogP contribution in [0.4, 0.5) is 20.2 Å². The maximum atomic E-state index is 13.2. The van der Waals surface area contributed by atoms with Crippen molar-refractivity contribution >= 4 is 29.3 Å². The lowest BCUT2D eigenvalue weighted by Gasteiger charge is -2.06. The van der Waals surface area contributed by atoms with Gasteiger partial charge in [0.05, 0.1) is 0 Å². The number of hydrogen-bond acceptors (Lipinski definition) is 3. The molecule has 7 heteroatoms. The molecule has 0 heterocycles. The molecule has 2 amide bonds. The number of benzene rings is 2. The molecule has 5 nitrogen and oxygen atoms in total. The Bertz CT molecular complexity index is 884. The van der Waals surface area contributed by atoms with Crippen LogP contribution in [0.25, 0.3) is 6.08 Å². The van der Waals surface area contributed by atoms with Crippen LogP contribution in [-0.2, 0) is 9.59 Å². The van der Waals surface area contributed by atoms with Gasteiger partial charge < -0.3 is 10.6 Å². The molecule has 0 bridgehead atoms. The molecule has 0 saturated heterocycles. The fourth-order valence-electron chi connectivity index (χ4n) is 1.96. The fraction of sp³-hybridized carbons (Fsp3) is 0.0556. The van der Waals surface area contributed by atoms with Crippen LogP contribution in [0.3, 0.4) is 0 Å². The van der Waals surface area contributed by atoms with Crippen LogP contribution >= 0.6 is 0 Å². The highest BCUT2D eigenvalue weighted by Gasteiger charge is 2.10. The number of anilines is 2. The van der Waals surface area contributed by atoms with Crippen molar-refractivity contribution in [1.82, 2.24) is 0 Å². The van der Waals surface area contributed by atoms with Gasteiger partial charge >= 0.3 is 0 Å². The number of halogens is 2. The molecule has 0 spiro atoms. The van der Waals surface area contributed by atoms with Crippen molar-refractivity contribution in [3.05, 3.63) is 65.2 Å². The molecular weight excluding hydrogens is 328 g/mol. The Morgan fingerprint density at radius 3 is 2.12 bits per heavy atom. The first kappa shape index (κ1) is 17.8. The van der Waals surface area contributed by atoms with E-state index in [2.05, 4.69) is 10.6 Å². The Morgan fingerprint density at radius 1 is 1.00 bits per heavy atom. The van der Waals surface area contributed by atoms with Crippen molar-refractivity contribution in [3.8, 4) is 6.07 Å². The third-order valence-electron chi connectivity index (χ3n) is 3.08. The van der Waals surface area contributed by atoms with E-state index in [1.807, 2.05) is 0 Å². The van der Waals surface area contributed by atoms with Crippen molar-refractivity contribution in [2.75, 3.05) is 10.6 Å². The summed E-state index contributed by atoms with van der Waals surface area (Å²) in [5.74, 6) is -3.00. The molecule has 0 atom stereocenters. The minimum Gasteiger partial charge on any atom is -0.326 e. The van der Waals surface area contributed by atoms with Crippen LogP contribution in [0.15, 0.2) is 48.0 Å². The molecule has 2 N–H and O–H groups in total. The number of carbonyl (C=O) groups excluding carboxylic acids is 2. The third-order valence-corrected chi connectivity index (χ3v) is 3.08. The van der Waals surface area contributed by atoms with Gasteiger partial charge in [-0.05, 0) is 48.0 Å². The smallest absolute Gasteiger partial charge is 0.266 e. The average Bonchev–Trinajstić information content (AvgIpc) is 2.57. The highest BCUT2D eigenvalue weighted by Crippen LogP contribution is 2.16. The first-order valence-electron chi connectivity index (χ1n) is 7.15. The Hall–Kier alpha value is -3.53. The van der Waals surface area contributed by atoms with Gasteiger partial charge in [-0.15, -0.1) is 0 Å². The van der Waals surface area contributed by atoms with E-state index in [4.69, 9.17) is 5.26 Å². The maximum Gasteiger partial charge on any atom is 0.266 e. The Kier molecular flexibility index (Phi) is 5.58. The lowest BCUT2D eigenvalue weighted by molar-refractivity contribution is -0.114. The van der Waals surface area contributed by atoms with Crippen LogP contribution in [0.2, 0.25) is 0 Å². The number of nitrogens with zero attached hydrogens (tertiary/aromatic N) is 1. The molecular formula is C18H13F2N3O2. The normalized spacial score (nSPS) is 10.7. The van der Waals surface area contributed by atoms with Crippen molar-refractivity contribution in [1.29, 1.82) is 5.26 Å². The number of nitrogens with one attached hydrogen (secondary N) is 2. The summed E-state index contributed by atoms with van der Waals surface area (Å²) < 4.78 is 26.1. The zero-order valence-corrected chi connectivity index (χ0v) is 13.1. The van der Waals surface area contributed by atoms with E-state index in [-0.39, 0.29) is 17.0 Å². The van der Waals surface area contributed by atoms with E-state index < -0.39 is 17.5 Å². The molecule has 0 aliphatic heterocycles. The predicted molar refractivity (Wildman–Crippen MR) is 89.3 cm³/mol.